The van der Waals surface area contributed by atoms with E-state index in [1.807, 2.05) is 32.0 Å². The minimum absolute atomic E-state index is 0.226. The van der Waals surface area contributed by atoms with Crippen LogP contribution < -0.4 is 10.1 Å². The van der Waals surface area contributed by atoms with Crippen LogP contribution in [-0.2, 0) is 9.59 Å². The number of carboxylic acids is 1. The minimum atomic E-state index is -1.61. The molecule has 0 fully saturated rings. The van der Waals surface area contributed by atoms with Gasteiger partial charge in [0.1, 0.15) is 5.75 Å². The van der Waals surface area contributed by atoms with Gasteiger partial charge in [-0.05, 0) is 31.0 Å². The molecule has 0 radical (unpaired) electrons. The molecule has 1 atom stereocenters. The average molecular weight is 267 g/mol. The molecule has 1 unspecified atom stereocenters. The van der Waals surface area contributed by atoms with Gasteiger partial charge in [-0.3, -0.25) is 4.79 Å². The number of aryl methyl sites for hydroxylation is 2. The maximum absolute atomic E-state index is 11.4. The van der Waals surface area contributed by atoms with E-state index in [9.17, 15) is 9.59 Å². The van der Waals surface area contributed by atoms with Crippen molar-refractivity contribution >= 4 is 11.9 Å². The zero-order chi connectivity index (χ0) is 14.4. The fraction of sp³-hybridized carbons (Fsp3) is 0.385. The lowest BCUT2D eigenvalue weighted by Gasteiger charge is -2.11. The van der Waals surface area contributed by atoms with Crippen molar-refractivity contribution in [2.24, 2.45) is 0 Å². The van der Waals surface area contributed by atoms with Crippen molar-refractivity contribution in [2.75, 3.05) is 13.2 Å². The van der Waals surface area contributed by atoms with Gasteiger partial charge >= 0.3 is 5.97 Å². The van der Waals surface area contributed by atoms with Gasteiger partial charge in [-0.2, -0.15) is 0 Å². The quantitative estimate of drug-likeness (QED) is 0.686. The van der Waals surface area contributed by atoms with Gasteiger partial charge in [0.05, 0.1) is 6.54 Å². The summed E-state index contributed by atoms with van der Waals surface area (Å²) < 4.78 is 5.33. The molecule has 0 aliphatic rings. The third-order valence-electron chi connectivity index (χ3n) is 2.48. The molecule has 1 rings (SSSR count). The number of aliphatic hydroxyl groups excluding tert-OH is 1. The van der Waals surface area contributed by atoms with Crippen LogP contribution in [0.2, 0.25) is 0 Å². The molecule has 1 amide bonds. The number of ether oxygens (including phenoxy) is 1. The standard InChI is InChI=1S/C13H17NO5/c1-8-3-4-9(2)11(5-8)19-7-12(16)14-6-10(15)13(17)18/h3-5,10,15H,6-7H2,1-2H3,(H,14,16)(H,17,18). The summed E-state index contributed by atoms with van der Waals surface area (Å²) in [6.07, 6.45) is -1.61. The second-order valence-corrected chi connectivity index (χ2v) is 4.22. The summed E-state index contributed by atoms with van der Waals surface area (Å²) in [6.45, 7) is 3.21. The largest absolute Gasteiger partial charge is 0.483 e. The summed E-state index contributed by atoms with van der Waals surface area (Å²) >= 11 is 0. The predicted octanol–water partition coefficient (Wildman–Crippen LogP) is 0.244. The van der Waals surface area contributed by atoms with E-state index in [4.69, 9.17) is 14.9 Å². The molecular formula is C13H17NO5. The Hall–Kier alpha value is -2.08. The minimum Gasteiger partial charge on any atom is -0.483 e. The highest BCUT2D eigenvalue weighted by Gasteiger charge is 2.14. The van der Waals surface area contributed by atoms with Crippen molar-refractivity contribution in [2.45, 2.75) is 20.0 Å². The number of carbonyl (C=O) groups is 2. The van der Waals surface area contributed by atoms with Crippen LogP contribution in [0.25, 0.3) is 0 Å². The first-order chi connectivity index (χ1) is 8.90. The molecule has 1 aromatic carbocycles. The molecule has 104 valence electrons. The van der Waals surface area contributed by atoms with Crippen LogP contribution in [0.3, 0.4) is 0 Å². The summed E-state index contributed by atoms with van der Waals surface area (Å²) in [5.74, 6) is -1.26. The first-order valence-corrected chi connectivity index (χ1v) is 5.77. The summed E-state index contributed by atoms with van der Waals surface area (Å²) in [7, 11) is 0. The van der Waals surface area contributed by atoms with Crippen LogP contribution in [0.4, 0.5) is 0 Å². The van der Waals surface area contributed by atoms with Crippen molar-refractivity contribution < 1.29 is 24.5 Å². The lowest BCUT2D eigenvalue weighted by atomic mass is 10.1. The third kappa shape index (κ3) is 4.97. The van der Waals surface area contributed by atoms with Gasteiger partial charge in [0.25, 0.3) is 5.91 Å². The van der Waals surface area contributed by atoms with Crippen LogP contribution in [0, 0.1) is 13.8 Å². The van der Waals surface area contributed by atoms with Crippen LogP contribution in [0.15, 0.2) is 18.2 Å². The Labute approximate surface area is 111 Å². The molecule has 0 aliphatic heterocycles. The average Bonchev–Trinajstić information content (AvgIpc) is 2.36. The van der Waals surface area contributed by atoms with E-state index in [0.717, 1.165) is 11.1 Å². The Morgan fingerprint density at radius 2 is 2.05 bits per heavy atom. The molecule has 0 aliphatic carbocycles. The van der Waals surface area contributed by atoms with Crippen molar-refractivity contribution in [3.63, 3.8) is 0 Å². The number of nitrogens with one attached hydrogen (secondary N) is 1. The molecular weight excluding hydrogens is 250 g/mol. The Bertz CT molecular complexity index is 472. The maximum Gasteiger partial charge on any atom is 0.334 e. The first kappa shape index (κ1) is 15.0. The van der Waals surface area contributed by atoms with Gasteiger partial charge in [-0.25, -0.2) is 4.79 Å². The molecule has 0 saturated carbocycles. The number of amides is 1. The fourth-order valence-corrected chi connectivity index (χ4v) is 1.35. The number of aliphatic carboxylic acids is 1. The molecule has 0 spiro atoms. The van der Waals surface area contributed by atoms with Crippen molar-refractivity contribution in [3.8, 4) is 5.75 Å². The zero-order valence-corrected chi connectivity index (χ0v) is 10.8. The summed E-state index contributed by atoms with van der Waals surface area (Å²) in [5, 5.41) is 19.7. The van der Waals surface area contributed by atoms with Crippen LogP contribution in [0.5, 0.6) is 5.75 Å². The highest BCUT2D eigenvalue weighted by atomic mass is 16.5. The van der Waals surface area contributed by atoms with Gasteiger partial charge in [-0.1, -0.05) is 12.1 Å². The molecule has 0 heterocycles. The predicted molar refractivity (Wildman–Crippen MR) is 68.1 cm³/mol. The molecule has 6 nitrogen and oxygen atoms in total. The van der Waals surface area contributed by atoms with Gasteiger partial charge in [0.15, 0.2) is 12.7 Å². The van der Waals surface area contributed by atoms with Gasteiger partial charge in [-0.15, -0.1) is 0 Å². The number of carbonyl (C=O) groups excluding carboxylic acids is 1. The molecule has 3 N–H and O–H groups in total. The van der Waals surface area contributed by atoms with E-state index in [-0.39, 0.29) is 13.2 Å². The second-order valence-electron chi connectivity index (χ2n) is 4.22. The highest BCUT2D eigenvalue weighted by molar-refractivity contribution is 5.79. The first-order valence-electron chi connectivity index (χ1n) is 5.77. The number of aliphatic hydroxyl groups is 1. The Kier molecular flexibility index (Phi) is 5.32. The molecule has 0 bridgehead atoms. The number of rotatable bonds is 6. The van der Waals surface area contributed by atoms with Gasteiger partial charge in [0, 0.05) is 0 Å². The van der Waals surface area contributed by atoms with Crippen molar-refractivity contribution in [1.82, 2.24) is 5.32 Å². The molecule has 19 heavy (non-hydrogen) atoms. The van der Waals surface area contributed by atoms with Gasteiger partial charge < -0.3 is 20.3 Å². The lowest BCUT2D eigenvalue weighted by molar-refractivity contribution is -0.146. The van der Waals surface area contributed by atoms with E-state index < -0.39 is 18.0 Å². The van der Waals surface area contributed by atoms with E-state index in [0.29, 0.717) is 5.75 Å². The van der Waals surface area contributed by atoms with Crippen molar-refractivity contribution in [1.29, 1.82) is 0 Å². The number of carboxylic acid groups (broad SMARTS) is 1. The highest BCUT2D eigenvalue weighted by Crippen LogP contribution is 2.18. The monoisotopic (exact) mass is 267 g/mol. The number of benzene rings is 1. The van der Waals surface area contributed by atoms with E-state index >= 15 is 0 Å². The van der Waals surface area contributed by atoms with E-state index in [1.165, 1.54) is 0 Å². The summed E-state index contributed by atoms with van der Waals surface area (Å²) in [5.41, 5.74) is 1.92. The van der Waals surface area contributed by atoms with E-state index in [2.05, 4.69) is 5.32 Å². The smallest absolute Gasteiger partial charge is 0.334 e. The Morgan fingerprint density at radius 3 is 2.68 bits per heavy atom. The molecule has 6 heteroatoms. The fourth-order valence-electron chi connectivity index (χ4n) is 1.35. The topological polar surface area (TPSA) is 95.9 Å². The van der Waals surface area contributed by atoms with Crippen LogP contribution in [0.1, 0.15) is 11.1 Å². The zero-order valence-electron chi connectivity index (χ0n) is 10.8. The molecule has 0 saturated heterocycles. The van der Waals surface area contributed by atoms with E-state index in [1.54, 1.807) is 0 Å². The van der Waals surface area contributed by atoms with Crippen LogP contribution >= 0.6 is 0 Å². The number of hydrogen-bond acceptors (Lipinski definition) is 4. The van der Waals surface area contributed by atoms with Crippen LogP contribution in [-0.4, -0.2) is 41.3 Å². The Morgan fingerprint density at radius 1 is 1.37 bits per heavy atom. The third-order valence-corrected chi connectivity index (χ3v) is 2.48. The summed E-state index contributed by atoms with van der Waals surface area (Å²) in [4.78, 5) is 21.7. The lowest BCUT2D eigenvalue weighted by Crippen LogP contribution is -2.38. The number of hydrogen-bond donors (Lipinski definition) is 3. The Balaban J connectivity index is 2.42. The molecule has 1 aromatic rings. The second kappa shape index (κ2) is 6.75. The van der Waals surface area contributed by atoms with Gasteiger partial charge in [0.2, 0.25) is 0 Å². The normalized spacial score (nSPS) is 11.7. The van der Waals surface area contributed by atoms with Crippen molar-refractivity contribution in [3.05, 3.63) is 29.3 Å². The SMILES string of the molecule is Cc1ccc(C)c(OCC(=O)NCC(O)C(=O)O)c1. The molecule has 0 aromatic heterocycles. The maximum atomic E-state index is 11.4. The summed E-state index contributed by atoms with van der Waals surface area (Å²) in [6, 6.07) is 5.64.